The third-order valence-corrected chi connectivity index (χ3v) is 6.01. The third-order valence-electron chi connectivity index (χ3n) is 6.01. The van der Waals surface area contributed by atoms with E-state index in [9.17, 15) is 0 Å². The molecule has 1 saturated carbocycles. The van der Waals surface area contributed by atoms with E-state index < -0.39 is 0 Å². The van der Waals surface area contributed by atoms with Crippen LogP contribution >= 0.6 is 0 Å². The summed E-state index contributed by atoms with van der Waals surface area (Å²) in [6, 6.07) is 18.1. The monoisotopic (exact) mass is 290 g/mol. The molecule has 5 rings (SSSR count). The molecule has 1 aliphatic carbocycles. The van der Waals surface area contributed by atoms with Crippen LogP contribution in [0, 0.1) is 0 Å². The van der Waals surface area contributed by atoms with Gasteiger partial charge in [0, 0.05) is 24.2 Å². The summed E-state index contributed by atoms with van der Waals surface area (Å²) in [7, 11) is 0. The zero-order valence-electron chi connectivity index (χ0n) is 12.9. The van der Waals surface area contributed by atoms with E-state index in [2.05, 4.69) is 58.7 Å². The van der Waals surface area contributed by atoms with E-state index in [4.69, 9.17) is 0 Å². The van der Waals surface area contributed by atoms with Crippen LogP contribution < -0.4 is 10.2 Å². The highest BCUT2D eigenvalue weighted by atomic mass is 15.3. The maximum absolute atomic E-state index is 3.88. The van der Waals surface area contributed by atoms with E-state index in [1.54, 1.807) is 5.56 Å². The second kappa shape index (κ2) is 4.60. The first-order valence-electron chi connectivity index (χ1n) is 8.55. The van der Waals surface area contributed by atoms with Gasteiger partial charge in [-0.1, -0.05) is 55.3 Å². The molecule has 1 fully saturated rings. The van der Waals surface area contributed by atoms with Crippen molar-refractivity contribution in [1.29, 1.82) is 0 Å². The summed E-state index contributed by atoms with van der Waals surface area (Å²) < 4.78 is 0. The Balaban J connectivity index is 1.71. The zero-order valence-corrected chi connectivity index (χ0v) is 12.9. The molecular weight excluding hydrogens is 268 g/mol. The molecule has 2 heteroatoms. The van der Waals surface area contributed by atoms with Gasteiger partial charge in [-0.25, -0.2) is 0 Å². The molecular formula is C20H22N2. The SMILES string of the molecule is c1ccc2c(c1)CNC1N2Cc2ccccc2C12CCCC2. The summed E-state index contributed by atoms with van der Waals surface area (Å²) >= 11 is 0. The van der Waals surface area contributed by atoms with Gasteiger partial charge in [0.1, 0.15) is 0 Å². The Morgan fingerprint density at radius 1 is 0.909 bits per heavy atom. The van der Waals surface area contributed by atoms with Gasteiger partial charge in [-0.15, -0.1) is 0 Å². The minimum absolute atomic E-state index is 0.308. The molecule has 0 aromatic heterocycles. The molecule has 0 radical (unpaired) electrons. The van der Waals surface area contributed by atoms with Crippen molar-refractivity contribution in [3.05, 3.63) is 65.2 Å². The lowest BCUT2D eigenvalue weighted by Gasteiger charge is -2.53. The smallest absolute Gasteiger partial charge is 0.0900 e. The summed E-state index contributed by atoms with van der Waals surface area (Å²) in [5, 5.41) is 3.88. The van der Waals surface area contributed by atoms with Crippen LogP contribution in [0.4, 0.5) is 5.69 Å². The van der Waals surface area contributed by atoms with Crippen LogP contribution in [0.1, 0.15) is 42.4 Å². The van der Waals surface area contributed by atoms with Gasteiger partial charge in [-0.3, -0.25) is 5.32 Å². The molecule has 2 aliphatic heterocycles. The summed E-state index contributed by atoms with van der Waals surface area (Å²) in [5.41, 5.74) is 6.32. The average Bonchev–Trinajstić information content (AvgIpc) is 3.05. The van der Waals surface area contributed by atoms with E-state index in [1.165, 1.54) is 42.5 Å². The van der Waals surface area contributed by atoms with Crippen molar-refractivity contribution in [2.24, 2.45) is 0 Å². The molecule has 112 valence electrons. The van der Waals surface area contributed by atoms with Crippen LogP contribution in [0.2, 0.25) is 0 Å². The number of para-hydroxylation sites is 1. The first-order chi connectivity index (χ1) is 10.9. The Hall–Kier alpha value is -1.80. The topological polar surface area (TPSA) is 15.3 Å². The molecule has 2 heterocycles. The molecule has 1 atom stereocenters. The molecule has 22 heavy (non-hydrogen) atoms. The number of nitrogens with zero attached hydrogens (tertiary/aromatic N) is 1. The maximum Gasteiger partial charge on any atom is 0.0900 e. The van der Waals surface area contributed by atoms with Crippen molar-refractivity contribution in [2.45, 2.75) is 50.4 Å². The van der Waals surface area contributed by atoms with E-state index in [0.29, 0.717) is 11.6 Å². The van der Waals surface area contributed by atoms with Gasteiger partial charge in [-0.05, 0) is 35.6 Å². The zero-order chi connectivity index (χ0) is 14.6. The van der Waals surface area contributed by atoms with Crippen molar-refractivity contribution >= 4 is 5.69 Å². The number of anilines is 1. The lowest BCUT2D eigenvalue weighted by molar-refractivity contribution is 0.255. The normalized spacial score (nSPS) is 24.7. The van der Waals surface area contributed by atoms with E-state index in [0.717, 1.165) is 13.1 Å². The third kappa shape index (κ3) is 1.59. The van der Waals surface area contributed by atoms with Crippen LogP contribution in [-0.2, 0) is 18.5 Å². The van der Waals surface area contributed by atoms with Crippen LogP contribution in [0.15, 0.2) is 48.5 Å². The fourth-order valence-corrected chi connectivity index (χ4v) is 5.09. The second-order valence-electron chi connectivity index (χ2n) is 7.06. The predicted octanol–water partition coefficient (Wildman–Crippen LogP) is 3.95. The predicted molar refractivity (Wildman–Crippen MR) is 89.8 cm³/mol. The highest BCUT2D eigenvalue weighted by molar-refractivity contribution is 5.60. The highest BCUT2D eigenvalue weighted by Crippen LogP contribution is 2.51. The van der Waals surface area contributed by atoms with Crippen molar-refractivity contribution in [1.82, 2.24) is 5.32 Å². The quantitative estimate of drug-likeness (QED) is 0.790. The first-order valence-corrected chi connectivity index (χ1v) is 8.55. The van der Waals surface area contributed by atoms with Crippen molar-refractivity contribution in [2.75, 3.05) is 4.90 Å². The van der Waals surface area contributed by atoms with Gasteiger partial charge in [-0.2, -0.15) is 0 Å². The molecule has 1 spiro atoms. The van der Waals surface area contributed by atoms with Gasteiger partial charge >= 0.3 is 0 Å². The fourth-order valence-electron chi connectivity index (χ4n) is 5.09. The highest BCUT2D eigenvalue weighted by Gasteiger charge is 2.50. The largest absolute Gasteiger partial charge is 0.350 e. The molecule has 1 N–H and O–H groups in total. The summed E-state index contributed by atoms with van der Waals surface area (Å²) in [6.45, 7) is 2.04. The van der Waals surface area contributed by atoms with Gasteiger partial charge in [0.25, 0.3) is 0 Å². The molecule has 2 aromatic carbocycles. The first kappa shape index (κ1) is 12.7. The van der Waals surface area contributed by atoms with E-state index in [1.807, 2.05) is 0 Å². The summed E-state index contributed by atoms with van der Waals surface area (Å²) in [4.78, 5) is 2.63. The molecule has 1 unspecified atom stereocenters. The number of benzene rings is 2. The van der Waals surface area contributed by atoms with Crippen LogP contribution in [0.5, 0.6) is 0 Å². The average molecular weight is 290 g/mol. The maximum atomic E-state index is 3.88. The fraction of sp³-hybridized carbons (Fsp3) is 0.400. The molecule has 0 amide bonds. The standard InChI is InChI=1S/C20H22N2/c1-3-9-17-16(8-1)14-22-18-10-4-2-7-15(18)13-21-19(22)20(17)11-5-6-12-20/h1-4,7-10,19,21H,5-6,11-14H2. The molecule has 2 nitrogen and oxygen atoms in total. The van der Waals surface area contributed by atoms with Crippen LogP contribution in [0.3, 0.4) is 0 Å². The Kier molecular flexibility index (Phi) is 2.66. The number of rotatable bonds is 0. The second-order valence-corrected chi connectivity index (χ2v) is 7.06. The van der Waals surface area contributed by atoms with Crippen LogP contribution in [-0.4, -0.2) is 6.17 Å². The lowest BCUT2D eigenvalue weighted by Crippen LogP contribution is -2.62. The molecule has 3 aliphatic rings. The molecule has 2 aromatic rings. The van der Waals surface area contributed by atoms with Gasteiger partial charge in [0.05, 0.1) is 6.17 Å². The van der Waals surface area contributed by atoms with Gasteiger partial charge in [0.15, 0.2) is 0 Å². The lowest BCUT2D eigenvalue weighted by atomic mass is 9.70. The van der Waals surface area contributed by atoms with Crippen molar-refractivity contribution < 1.29 is 0 Å². The van der Waals surface area contributed by atoms with E-state index in [-0.39, 0.29) is 0 Å². The number of hydrogen-bond donors (Lipinski definition) is 1. The minimum Gasteiger partial charge on any atom is -0.350 e. The van der Waals surface area contributed by atoms with Crippen molar-refractivity contribution in [3.63, 3.8) is 0 Å². The minimum atomic E-state index is 0.308. The number of fused-ring (bicyclic) bond motifs is 6. The van der Waals surface area contributed by atoms with E-state index >= 15 is 0 Å². The Bertz CT molecular complexity index is 715. The number of hydrogen-bond acceptors (Lipinski definition) is 2. The molecule has 0 saturated heterocycles. The van der Waals surface area contributed by atoms with Crippen molar-refractivity contribution in [3.8, 4) is 0 Å². The summed E-state index contributed by atoms with van der Waals surface area (Å²) in [5.74, 6) is 0. The van der Waals surface area contributed by atoms with Gasteiger partial charge in [0.2, 0.25) is 0 Å². The Labute approximate surface area is 132 Å². The van der Waals surface area contributed by atoms with Gasteiger partial charge < -0.3 is 4.90 Å². The summed E-state index contributed by atoms with van der Waals surface area (Å²) in [6.07, 6.45) is 5.82. The number of nitrogens with one attached hydrogen (secondary N) is 1. The Morgan fingerprint density at radius 2 is 1.64 bits per heavy atom. The van der Waals surface area contributed by atoms with Crippen LogP contribution in [0.25, 0.3) is 0 Å². The Morgan fingerprint density at radius 3 is 2.50 bits per heavy atom. The molecule has 0 bridgehead atoms.